The van der Waals surface area contributed by atoms with E-state index in [2.05, 4.69) is 21.6 Å². The van der Waals surface area contributed by atoms with Crippen molar-refractivity contribution in [3.63, 3.8) is 0 Å². The van der Waals surface area contributed by atoms with Crippen molar-refractivity contribution in [3.8, 4) is 11.8 Å². The second-order valence-electron chi connectivity index (χ2n) is 7.40. The first-order valence-corrected chi connectivity index (χ1v) is 10.4. The van der Waals surface area contributed by atoms with Gasteiger partial charge in [0.15, 0.2) is 0 Å². The van der Waals surface area contributed by atoms with Gasteiger partial charge in [-0.15, -0.1) is 0 Å². The maximum atomic E-state index is 12.2. The van der Waals surface area contributed by atoms with E-state index in [1.54, 1.807) is 37.4 Å². The number of rotatable bonds is 7. The van der Waals surface area contributed by atoms with Gasteiger partial charge in [0, 0.05) is 47.4 Å². The highest BCUT2D eigenvalue weighted by atomic mass is 35.5. The third-order valence-corrected chi connectivity index (χ3v) is 5.52. The predicted octanol–water partition coefficient (Wildman–Crippen LogP) is 3.19. The van der Waals surface area contributed by atoms with Crippen LogP contribution in [0.25, 0.3) is 22.0 Å². The van der Waals surface area contributed by atoms with Crippen LogP contribution in [-0.4, -0.2) is 29.6 Å². The summed E-state index contributed by atoms with van der Waals surface area (Å²) in [6.45, 7) is 0.147. The zero-order chi connectivity index (χ0) is 22.8. The molecule has 1 saturated carbocycles. The summed E-state index contributed by atoms with van der Waals surface area (Å²) < 4.78 is 5.91. The smallest absolute Gasteiger partial charge is 0.272 e. The number of benzene rings is 2. The molecule has 8 nitrogen and oxygen atoms in total. The molecule has 0 bridgehead atoms. The molecule has 0 radical (unpaired) electrons. The minimum atomic E-state index is -0.318. The van der Waals surface area contributed by atoms with Gasteiger partial charge in [0.25, 0.3) is 5.56 Å². The number of allylic oxidation sites excluding steroid dienone is 1. The molecule has 9 heteroatoms. The number of nitrogens with zero attached hydrogens (tertiary/aromatic N) is 2. The van der Waals surface area contributed by atoms with E-state index in [0.29, 0.717) is 55.2 Å². The number of nitrogens with one attached hydrogen (secondary N) is 3. The third-order valence-electron chi connectivity index (χ3n) is 5.30. The van der Waals surface area contributed by atoms with Gasteiger partial charge in [-0.3, -0.25) is 4.79 Å². The van der Waals surface area contributed by atoms with Gasteiger partial charge in [-0.25, -0.2) is 5.10 Å². The number of fused-ring (bicyclic) bond motifs is 1. The number of nitriles is 1. The van der Waals surface area contributed by atoms with Crippen LogP contribution in [0.4, 0.5) is 0 Å². The number of aromatic amines is 1. The van der Waals surface area contributed by atoms with Crippen LogP contribution >= 0.6 is 11.6 Å². The Morgan fingerprint density at radius 1 is 1.41 bits per heavy atom. The fourth-order valence-corrected chi connectivity index (χ4v) is 3.82. The predicted molar refractivity (Wildman–Crippen MR) is 125 cm³/mol. The molecule has 1 aromatic heterocycles. The molecule has 0 spiro atoms. The van der Waals surface area contributed by atoms with Crippen LogP contribution in [0.5, 0.6) is 5.75 Å². The standard InChI is InChI=1S/C23H21ClN6O2/c1-28-22(17-7-13(24)8-21(19(17)10-26)32-14-3-4-14)18(9-25)12-2-5-15-16(6-12)20(11-27)29-30-23(15)31/h2,5-9,14,25,28H,3-4,11,27H2,1H3,(H,30,31)/b22-18+,25-9?. The van der Waals surface area contributed by atoms with Gasteiger partial charge in [-0.2, -0.15) is 10.4 Å². The van der Waals surface area contributed by atoms with Crippen molar-refractivity contribution in [1.29, 1.82) is 10.7 Å². The molecule has 1 aliphatic carbocycles. The van der Waals surface area contributed by atoms with Crippen molar-refractivity contribution < 1.29 is 4.74 Å². The van der Waals surface area contributed by atoms with E-state index in [1.165, 1.54) is 6.21 Å². The highest BCUT2D eigenvalue weighted by Crippen LogP contribution is 2.36. The van der Waals surface area contributed by atoms with Crippen molar-refractivity contribution >= 4 is 39.9 Å². The first kappa shape index (κ1) is 21.6. The van der Waals surface area contributed by atoms with Crippen molar-refractivity contribution in [3.05, 3.63) is 68.1 Å². The lowest BCUT2D eigenvalue weighted by Crippen LogP contribution is -2.14. The Morgan fingerprint density at radius 3 is 2.81 bits per heavy atom. The van der Waals surface area contributed by atoms with Crippen LogP contribution in [0.15, 0.2) is 35.1 Å². The van der Waals surface area contributed by atoms with Crippen LogP contribution in [0, 0.1) is 16.7 Å². The first-order valence-electron chi connectivity index (χ1n) is 10.1. The molecule has 5 N–H and O–H groups in total. The molecular weight excluding hydrogens is 428 g/mol. The normalized spacial score (nSPS) is 13.9. The third kappa shape index (κ3) is 3.96. The summed E-state index contributed by atoms with van der Waals surface area (Å²) in [6.07, 6.45) is 3.18. The Kier molecular flexibility index (Phi) is 5.95. The summed E-state index contributed by atoms with van der Waals surface area (Å²) >= 11 is 6.36. The van der Waals surface area contributed by atoms with E-state index in [-0.39, 0.29) is 18.2 Å². The Labute approximate surface area is 189 Å². The summed E-state index contributed by atoms with van der Waals surface area (Å²) in [5, 5.41) is 29.1. The molecule has 0 unspecified atom stereocenters. The average Bonchev–Trinajstić information content (AvgIpc) is 3.61. The molecule has 0 aliphatic heterocycles. The van der Waals surface area contributed by atoms with Gasteiger partial charge >= 0.3 is 0 Å². The Hall–Kier alpha value is -3.67. The fraction of sp³-hybridized carbons (Fsp3) is 0.217. The first-order chi connectivity index (χ1) is 15.5. The van der Waals surface area contributed by atoms with Crippen LogP contribution in [0.1, 0.15) is 35.2 Å². The largest absolute Gasteiger partial charge is 0.489 e. The molecule has 32 heavy (non-hydrogen) atoms. The SMILES string of the molecule is CN/C(=C(\C=N)c1ccc2c(=O)[nH]nc(CN)c2c1)c1cc(Cl)cc(OC2CC2)c1C#N. The summed E-state index contributed by atoms with van der Waals surface area (Å²) in [5.74, 6) is 0.425. The highest BCUT2D eigenvalue weighted by Gasteiger charge is 2.26. The number of H-pyrrole nitrogens is 1. The van der Waals surface area contributed by atoms with Crippen LogP contribution < -0.4 is 21.3 Å². The fourth-order valence-electron chi connectivity index (χ4n) is 3.61. The van der Waals surface area contributed by atoms with E-state index in [4.69, 9.17) is 27.5 Å². The maximum absolute atomic E-state index is 12.2. The molecule has 162 valence electrons. The van der Waals surface area contributed by atoms with E-state index in [9.17, 15) is 10.1 Å². The molecule has 0 amide bonds. The Morgan fingerprint density at radius 2 is 2.19 bits per heavy atom. The van der Waals surface area contributed by atoms with Crippen molar-refractivity contribution in [2.45, 2.75) is 25.5 Å². The summed E-state index contributed by atoms with van der Waals surface area (Å²) in [5.41, 5.74) is 8.59. The monoisotopic (exact) mass is 448 g/mol. The summed E-state index contributed by atoms with van der Waals surface area (Å²) in [6, 6.07) is 10.7. The molecule has 1 heterocycles. The van der Waals surface area contributed by atoms with Gasteiger partial charge in [-0.1, -0.05) is 17.7 Å². The molecule has 1 aliphatic rings. The molecule has 2 aromatic carbocycles. The number of nitrogens with two attached hydrogens (primary N) is 1. The molecule has 3 aromatic rings. The number of aromatic nitrogens is 2. The van der Waals surface area contributed by atoms with Crippen molar-refractivity contribution in [2.75, 3.05) is 7.05 Å². The minimum absolute atomic E-state index is 0.0957. The van der Waals surface area contributed by atoms with Gasteiger partial charge in [-0.05, 0) is 36.6 Å². The molecule has 1 fully saturated rings. The van der Waals surface area contributed by atoms with Crippen LogP contribution in [-0.2, 0) is 6.54 Å². The lowest BCUT2D eigenvalue weighted by atomic mass is 9.95. The van der Waals surface area contributed by atoms with Gasteiger partial charge in [0.05, 0.1) is 22.9 Å². The number of hydrogen-bond donors (Lipinski definition) is 4. The molecule has 0 saturated heterocycles. The quantitative estimate of drug-likeness (QED) is 0.323. The van der Waals surface area contributed by atoms with Crippen molar-refractivity contribution in [2.24, 2.45) is 5.73 Å². The highest BCUT2D eigenvalue weighted by molar-refractivity contribution is 6.31. The molecule has 4 rings (SSSR count). The summed E-state index contributed by atoms with van der Waals surface area (Å²) in [7, 11) is 1.71. The number of halogens is 1. The van der Waals surface area contributed by atoms with E-state index in [1.807, 2.05) is 0 Å². The number of ether oxygens (including phenoxy) is 1. The zero-order valence-corrected chi connectivity index (χ0v) is 18.1. The Bertz CT molecular complexity index is 1350. The van der Waals surface area contributed by atoms with Gasteiger partial charge < -0.3 is 21.2 Å². The van der Waals surface area contributed by atoms with Gasteiger partial charge in [0.1, 0.15) is 17.4 Å². The maximum Gasteiger partial charge on any atom is 0.272 e. The molecular formula is C23H21ClN6O2. The van der Waals surface area contributed by atoms with Crippen LogP contribution in [0.2, 0.25) is 5.02 Å². The minimum Gasteiger partial charge on any atom is -0.489 e. The van der Waals surface area contributed by atoms with Crippen LogP contribution in [0.3, 0.4) is 0 Å². The summed E-state index contributed by atoms with van der Waals surface area (Å²) in [4.78, 5) is 12.2. The zero-order valence-electron chi connectivity index (χ0n) is 17.3. The average molecular weight is 449 g/mol. The second-order valence-corrected chi connectivity index (χ2v) is 7.84. The number of hydrogen-bond acceptors (Lipinski definition) is 7. The van der Waals surface area contributed by atoms with Gasteiger partial charge in [0.2, 0.25) is 0 Å². The van der Waals surface area contributed by atoms with E-state index >= 15 is 0 Å². The van der Waals surface area contributed by atoms with E-state index < -0.39 is 0 Å². The van der Waals surface area contributed by atoms with Crippen molar-refractivity contribution in [1.82, 2.24) is 15.5 Å². The lowest BCUT2D eigenvalue weighted by Gasteiger charge is -2.17. The molecule has 0 atom stereocenters. The topological polar surface area (TPSA) is 141 Å². The second kappa shape index (κ2) is 8.83. The Balaban J connectivity index is 1.95. The lowest BCUT2D eigenvalue weighted by molar-refractivity contribution is 0.302. The van der Waals surface area contributed by atoms with E-state index in [0.717, 1.165) is 12.8 Å².